The number of likely N-dealkylation sites (N-methyl/N-ethyl adjacent to an activating group) is 1. The molecule has 0 unspecified atom stereocenters. The van der Waals surface area contributed by atoms with Gasteiger partial charge >= 0.3 is 0 Å². The fourth-order valence-corrected chi connectivity index (χ4v) is 3.71. The SMILES string of the molecule is C=CCC[C@H](CN1CCCC1)Oc1cc(C(=O)N2CCN(C)CC2)ccn1. The summed E-state index contributed by atoms with van der Waals surface area (Å²) in [4.78, 5) is 23.8. The van der Waals surface area contributed by atoms with Crippen LogP contribution in [0.1, 0.15) is 36.0 Å². The molecule has 0 aromatic carbocycles. The molecule has 2 aliphatic heterocycles. The molecule has 0 aliphatic carbocycles. The van der Waals surface area contributed by atoms with Crippen molar-refractivity contribution in [1.82, 2.24) is 19.7 Å². The molecule has 0 radical (unpaired) electrons. The predicted molar refractivity (Wildman–Crippen MR) is 107 cm³/mol. The van der Waals surface area contributed by atoms with Crippen LogP contribution in [-0.2, 0) is 0 Å². The molecule has 0 N–H and O–H groups in total. The first-order valence-electron chi connectivity index (χ1n) is 10.1. The monoisotopic (exact) mass is 372 g/mol. The molecule has 1 aromatic heterocycles. The second kappa shape index (κ2) is 9.85. The smallest absolute Gasteiger partial charge is 0.254 e. The van der Waals surface area contributed by atoms with Gasteiger partial charge in [0.15, 0.2) is 0 Å². The van der Waals surface area contributed by atoms with E-state index in [4.69, 9.17) is 4.74 Å². The maximum atomic E-state index is 12.8. The molecule has 27 heavy (non-hydrogen) atoms. The number of aromatic nitrogens is 1. The summed E-state index contributed by atoms with van der Waals surface area (Å²) in [5.41, 5.74) is 0.660. The zero-order chi connectivity index (χ0) is 19.1. The normalized spacial score (nSPS) is 19.8. The van der Waals surface area contributed by atoms with Crippen molar-refractivity contribution >= 4 is 5.91 Å². The van der Waals surface area contributed by atoms with E-state index in [2.05, 4.69) is 28.4 Å². The van der Waals surface area contributed by atoms with Crippen LogP contribution in [0.2, 0.25) is 0 Å². The Morgan fingerprint density at radius 2 is 2.00 bits per heavy atom. The highest BCUT2D eigenvalue weighted by Crippen LogP contribution is 2.18. The van der Waals surface area contributed by atoms with Gasteiger partial charge in [-0.05, 0) is 51.9 Å². The third-order valence-corrected chi connectivity index (χ3v) is 5.41. The molecule has 148 valence electrons. The number of rotatable bonds is 8. The Hall–Kier alpha value is -1.92. The third kappa shape index (κ3) is 5.78. The number of pyridine rings is 1. The lowest BCUT2D eigenvalue weighted by molar-refractivity contribution is 0.0662. The molecule has 1 atom stereocenters. The van der Waals surface area contributed by atoms with Crippen LogP contribution in [0.25, 0.3) is 0 Å². The van der Waals surface area contributed by atoms with Crippen molar-refractivity contribution in [2.24, 2.45) is 0 Å². The molecule has 0 bridgehead atoms. The minimum absolute atomic E-state index is 0.0672. The average Bonchev–Trinajstić information content (AvgIpc) is 3.19. The van der Waals surface area contributed by atoms with E-state index >= 15 is 0 Å². The molecular formula is C21H32N4O2. The highest BCUT2D eigenvalue weighted by atomic mass is 16.5. The Labute approximate surface area is 162 Å². The molecule has 2 fully saturated rings. The molecule has 2 aliphatic rings. The van der Waals surface area contributed by atoms with Gasteiger partial charge in [-0.1, -0.05) is 6.08 Å². The molecule has 6 heteroatoms. The first-order valence-corrected chi connectivity index (χ1v) is 10.1. The molecule has 2 saturated heterocycles. The van der Waals surface area contributed by atoms with E-state index < -0.39 is 0 Å². The van der Waals surface area contributed by atoms with Crippen molar-refractivity contribution in [3.63, 3.8) is 0 Å². The standard InChI is InChI=1S/C21H32N4O2/c1-3-4-7-19(17-24-10-5-6-11-24)27-20-16-18(8-9-22-20)21(26)25-14-12-23(2)13-15-25/h3,8-9,16,19H,1,4-7,10-15,17H2,2H3/t19-/m1/s1. The lowest BCUT2D eigenvalue weighted by atomic mass is 10.2. The largest absolute Gasteiger partial charge is 0.473 e. The van der Waals surface area contributed by atoms with Crippen molar-refractivity contribution in [2.45, 2.75) is 31.8 Å². The lowest BCUT2D eigenvalue weighted by Crippen LogP contribution is -2.47. The minimum atomic E-state index is 0.0672. The van der Waals surface area contributed by atoms with Gasteiger partial charge in [0.25, 0.3) is 5.91 Å². The maximum Gasteiger partial charge on any atom is 0.254 e. The molecule has 1 aromatic rings. The Morgan fingerprint density at radius 3 is 2.70 bits per heavy atom. The Morgan fingerprint density at radius 1 is 1.26 bits per heavy atom. The van der Waals surface area contributed by atoms with Crippen molar-refractivity contribution < 1.29 is 9.53 Å². The van der Waals surface area contributed by atoms with Gasteiger partial charge in [-0.2, -0.15) is 0 Å². The van der Waals surface area contributed by atoms with E-state index in [0.29, 0.717) is 11.4 Å². The van der Waals surface area contributed by atoms with E-state index in [1.165, 1.54) is 12.8 Å². The topological polar surface area (TPSA) is 48.9 Å². The van der Waals surface area contributed by atoms with Gasteiger partial charge in [0.1, 0.15) is 6.10 Å². The van der Waals surface area contributed by atoms with Crippen molar-refractivity contribution in [1.29, 1.82) is 0 Å². The molecule has 0 saturated carbocycles. The summed E-state index contributed by atoms with van der Waals surface area (Å²) in [5, 5.41) is 0. The molecule has 6 nitrogen and oxygen atoms in total. The Balaban J connectivity index is 1.63. The van der Waals surface area contributed by atoms with E-state index in [1.54, 1.807) is 18.3 Å². The first kappa shape index (κ1) is 19.8. The summed E-state index contributed by atoms with van der Waals surface area (Å²) in [7, 11) is 2.09. The van der Waals surface area contributed by atoms with E-state index in [0.717, 1.165) is 58.7 Å². The number of likely N-dealkylation sites (tertiary alicyclic amines) is 1. The van der Waals surface area contributed by atoms with Crippen molar-refractivity contribution in [3.8, 4) is 5.88 Å². The van der Waals surface area contributed by atoms with Gasteiger partial charge in [0, 0.05) is 50.6 Å². The Bertz CT molecular complexity index is 622. The van der Waals surface area contributed by atoms with Crippen LogP contribution in [0.4, 0.5) is 0 Å². The number of hydrogen-bond donors (Lipinski definition) is 0. The number of allylic oxidation sites excluding steroid dienone is 1. The van der Waals surface area contributed by atoms with Crippen LogP contribution < -0.4 is 4.74 Å². The number of nitrogens with zero attached hydrogens (tertiary/aromatic N) is 4. The summed E-state index contributed by atoms with van der Waals surface area (Å²) in [5.74, 6) is 0.612. The summed E-state index contributed by atoms with van der Waals surface area (Å²) in [6.45, 7) is 10.4. The first-order chi connectivity index (χ1) is 13.2. The zero-order valence-corrected chi connectivity index (χ0v) is 16.5. The number of hydrogen-bond acceptors (Lipinski definition) is 5. The zero-order valence-electron chi connectivity index (χ0n) is 16.5. The highest BCUT2D eigenvalue weighted by Gasteiger charge is 2.22. The number of carbonyl (C=O) groups excluding carboxylic acids is 1. The van der Waals surface area contributed by atoms with Gasteiger partial charge in [-0.15, -0.1) is 6.58 Å². The number of ether oxygens (including phenoxy) is 1. The number of piperazine rings is 1. The van der Waals surface area contributed by atoms with Gasteiger partial charge < -0.3 is 14.5 Å². The summed E-state index contributed by atoms with van der Waals surface area (Å²) < 4.78 is 6.19. The van der Waals surface area contributed by atoms with Crippen LogP contribution in [0, 0.1) is 0 Å². The molecule has 0 spiro atoms. The van der Waals surface area contributed by atoms with Gasteiger partial charge in [-0.25, -0.2) is 4.98 Å². The summed E-state index contributed by atoms with van der Waals surface area (Å²) >= 11 is 0. The second-order valence-electron chi connectivity index (χ2n) is 7.59. The average molecular weight is 373 g/mol. The number of carbonyl (C=O) groups is 1. The number of amides is 1. The minimum Gasteiger partial charge on any atom is -0.473 e. The van der Waals surface area contributed by atoms with Crippen LogP contribution in [0.3, 0.4) is 0 Å². The van der Waals surface area contributed by atoms with E-state index in [1.807, 2.05) is 11.0 Å². The third-order valence-electron chi connectivity index (χ3n) is 5.41. The molecule has 3 heterocycles. The molecule has 1 amide bonds. The van der Waals surface area contributed by atoms with Crippen LogP contribution in [0.5, 0.6) is 5.88 Å². The fourth-order valence-electron chi connectivity index (χ4n) is 3.71. The predicted octanol–water partition coefficient (Wildman–Crippen LogP) is 2.28. The molecule has 3 rings (SSSR count). The highest BCUT2D eigenvalue weighted by molar-refractivity contribution is 5.94. The fraction of sp³-hybridized carbons (Fsp3) is 0.619. The summed E-state index contributed by atoms with van der Waals surface area (Å²) in [6.07, 6.45) is 8.04. The van der Waals surface area contributed by atoms with Crippen LogP contribution in [0.15, 0.2) is 31.0 Å². The van der Waals surface area contributed by atoms with E-state index in [-0.39, 0.29) is 12.0 Å². The van der Waals surface area contributed by atoms with E-state index in [9.17, 15) is 4.79 Å². The van der Waals surface area contributed by atoms with Crippen LogP contribution in [-0.4, -0.2) is 84.6 Å². The lowest BCUT2D eigenvalue weighted by Gasteiger charge is -2.32. The maximum absolute atomic E-state index is 12.8. The second-order valence-corrected chi connectivity index (χ2v) is 7.59. The molecular weight excluding hydrogens is 340 g/mol. The van der Waals surface area contributed by atoms with Crippen molar-refractivity contribution in [2.75, 3.05) is 52.9 Å². The van der Waals surface area contributed by atoms with Gasteiger partial charge in [0.2, 0.25) is 5.88 Å². The van der Waals surface area contributed by atoms with Crippen LogP contribution >= 0.6 is 0 Å². The Kier molecular flexibility index (Phi) is 7.24. The quantitative estimate of drug-likeness (QED) is 0.655. The van der Waals surface area contributed by atoms with Crippen molar-refractivity contribution in [3.05, 3.63) is 36.5 Å². The summed E-state index contributed by atoms with van der Waals surface area (Å²) in [6, 6.07) is 3.58. The van der Waals surface area contributed by atoms with Gasteiger partial charge in [0.05, 0.1) is 0 Å². The van der Waals surface area contributed by atoms with Gasteiger partial charge in [-0.3, -0.25) is 9.69 Å².